The molecule has 0 bridgehead atoms. The van der Waals surface area contributed by atoms with Crippen molar-refractivity contribution in [3.8, 4) is 6.07 Å². The van der Waals surface area contributed by atoms with Crippen LogP contribution in [-0.2, 0) is 0 Å². The zero-order valence-electron chi connectivity index (χ0n) is 8.94. The molecule has 3 nitrogen and oxygen atoms in total. The summed E-state index contributed by atoms with van der Waals surface area (Å²) in [5, 5.41) is 9.89. The molecule has 0 spiro atoms. The van der Waals surface area contributed by atoms with E-state index < -0.39 is 0 Å². The zero-order chi connectivity index (χ0) is 11.5. The number of nitrogens with zero attached hydrogens (tertiary/aromatic N) is 2. The Bertz CT molecular complexity index is 390. The molecule has 0 radical (unpaired) electrons. The van der Waals surface area contributed by atoms with Crippen LogP contribution in [0.1, 0.15) is 11.6 Å². The highest BCUT2D eigenvalue weighted by atomic mass is 35.5. The monoisotopic (exact) mass is 235 g/mol. The molecule has 0 amide bonds. The van der Waals surface area contributed by atoms with Gasteiger partial charge in [-0.3, -0.25) is 4.90 Å². The van der Waals surface area contributed by atoms with Gasteiger partial charge in [-0.1, -0.05) is 23.7 Å². The Hall–Kier alpha value is -1.08. The van der Waals surface area contributed by atoms with Crippen LogP contribution in [0.3, 0.4) is 0 Å². The van der Waals surface area contributed by atoms with Crippen LogP contribution >= 0.6 is 11.6 Å². The lowest BCUT2D eigenvalue weighted by atomic mass is 9.95. The maximum absolute atomic E-state index is 9.19. The number of hydrogen-bond donors (Lipinski definition) is 1. The third kappa shape index (κ3) is 2.19. The number of rotatable bonds is 3. The molecule has 1 aromatic carbocycles. The third-order valence-electron chi connectivity index (χ3n) is 2.99. The van der Waals surface area contributed by atoms with E-state index in [1.165, 1.54) is 0 Å². The van der Waals surface area contributed by atoms with Crippen molar-refractivity contribution in [3.05, 3.63) is 34.9 Å². The molecule has 0 saturated carbocycles. The summed E-state index contributed by atoms with van der Waals surface area (Å²) in [6.45, 7) is 2.53. The number of nitrogens with two attached hydrogens (primary N) is 1. The van der Waals surface area contributed by atoms with E-state index in [0.29, 0.717) is 17.5 Å². The first kappa shape index (κ1) is 11.4. The van der Waals surface area contributed by atoms with E-state index in [1.54, 1.807) is 0 Å². The van der Waals surface area contributed by atoms with E-state index in [2.05, 4.69) is 11.0 Å². The Morgan fingerprint density at radius 1 is 1.44 bits per heavy atom. The molecule has 1 atom stereocenters. The number of likely N-dealkylation sites (tertiary alicyclic amines) is 1. The van der Waals surface area contributed by atoms with Crippen LogP contribution in [0.2, 0.25) is 5.02 Å². The SMILES string of the molecule is N#C[C@H](c1ccc(Cl)cc1)N1CC(CN)C1. The molecule has 1 aliphatic heterocycles. The van der Waals surface area contributed by atoms with Crippen molar-refractivity contribution in [2.75, 3.05) is 19.6 Å². The number of halogens is 1. The largest absolute Gasteiger partial charge is 0.330 e. The molecule has 0 aliphatic carbocycles. The van der Waals surface area contributed by atoms with Crippen LogP contribution in [0, 0.1) is 17.2 Å². The van der Waals surface area contributed by atoms with Crippen molar-refractivity contribution in [2.45, 2.75) is 6.04 Å². The Morgan fingerprint density at radius 3 is 2.56 bits per heavy atom. The molecular weight excluding hydrogens is 222 g/mol. The van der Waals surface area contributed by atoms with Crippen LogP contribution in [0.4, 0.5) is 0 Å². The molecule has 16 heavy (non-hydrogen) atoms. The summed E-state index contributed by atoms with van der Waals surface area (Å²) in [6.07, 6.45) is 0. The summed E-state index contributed by atoms with van der Waals surface area (Å²) >= 11 is 5.82. The lowest BCUT2D eigenvalue weighted by molar-refractivity contribution is 0.0799. The minimum Gasteiger partial charge on any atom is -0.330 e. The zero-order valence-corrected chi connectivity index (χ0v) is 9.69. The summed E-state index contributed by atoms with van der Waals surface area (Å²) in [5.41, 5.74) is 6.57. The van der Waals surface area contributed by atoms with Crippen LogP contribution in [0.25, 0.3) is 0 Å². The first-order valence-electron chi connectivity index (χ1n) is 5.33. The van der Waals surface area contributed by atoms with Gasteiger partial charge in [-0.15, -0.1) is 0 Å². The minimum atomic E-state index is -0.167. The normalized spacial score (nSPS) is 18.8. The standard InChI is InChI=1S/C12H14ClN3/c13-11-3-1-10(2-4-11)12(6-15)16-7-9(5-14)8-16/h1-4,9,12H,5,7-8,14H2/t12-/m1/s1. The number of nitriles is 1. The quantitative estimate of drug-likeness (QED) is 0.869. The molecule has 0 unspecified atom stereocenters. The van der Waals surface area contributed by atoms with Crippen molar-refractivity contribution >= 4 is 11.6 Å². The second-order valence-corrected chi connectivity index (χ2v) is 4.58. The van der Waals surface area contributed by atoms with Crippen molar-refractivity contribution in [2.24, 2.45) is 11.7 Å². The predicted molar refractivity (Wildman–Crippen MR) is 63.9 cm³/mol. The molecule has 1 saturated heterocycles. The lowest BCUT2D eigenvalue weighted by Gasteiger charge is -2.41. The van der Waals surface area contributed by atoms with Crippen molar-refractivity contribution in [1.29, 1.82) is 5.26 Å². The molecule has 4 heteroatoms. The topological polar surface area (TPSA) is 53.0 Å². The van der Waals surface area contributed by atoms with Crippen molar-refractivity contribution < 1.29 is 0 Å². The first-order valence-corrected chi connectivity index (χ1v) is 5.71. The van der Waals surface area contributed by atoms with Crippen LogP contribution in [0.15, 0.2) is 24.3 Å². The van der Waals surface area contributed by atoms with Crippen LogP contribution < -0.4 is 5.73 Å². The van der Waals surface area contributed by atoms with Gasteiger partial charge in [-0.05, 0) is 30.2 Å². The second kappa shape index (κ2) is 4.84. The summed E-state index contributed by atoms with van der Waals surface area (Å²) in [5.74, 6) is 0.545. The minimum absolute atomic E-state index is 0.167. The van der Waals surface area contributed by atoms with Gasteiger partial charge in [-0.2, -0.15) is 5.26 Å². The van der Waals surface area contributed by atoms with E-state index in [0.717, 1.165) is 18.7 Å². The van der Waals surface area contributed by atoms with Gasteiger partial charge in [0, 0.05) is 18.1 Å². The van der Waals surface area contributed by atoms with E-state index >= 15 is 0 Å². The van der Waals surface area contributed by atoms with Gasteiger partial charge in [0.25, 0.3) is 0 Å². The Kier molecular flexibility index (Phi) is 3.45. The second-order valence-electron chi connectivity index (χ2n) is 4.14. The van der Waals surface area contributed by atoms with Crippen molar-refractivity contribution in [3.63, 3.8) is 0 Å². The summed E-state index contributed by atoms with van der Waals surface area (Å²) in [7, 11) is 0. The van der Waals surface area contributed by atoms with Gasteiger partial charge in [0.1, 0.15) is 6.04 Å². The lowest BCUT2D eigenvalue weighted by Crippen LogP contribution is -2.50. The fraction of sp³-hybridized carbons (Fsp3) is 0.417. The molecule has 1 aliphatic rings. The Labute approximate surface area is 100 Å². The van der Waals surface area contributed by atoms with Crippen LogP contribution in [0.5, 0.6) is 0 Å². The number of benzene rings is 1. The van der Waals surface area contributed by atoms with E-state index in [4.69, 9.17) is 17.3 Å². The average Bonchev–Trinajstić information content (AvgIpc) is 2.24. The summed E-state index contributed by atoms with van der Waals surface area (Å²) < 4.78 is 0. The Morgan fingerprint density at radius 2 is 2.06 bits per heavy atom. The Balaban J connectivity index is 2.07. The maximum Gasteiger partial charge on any atom is 0.123 e. The summed E-state index contributed by atoms with van der Waals surface area (Å²) in [6, 6.07) is 9.62. The fourth-order valence-corrected chi connectivity index (χ4v) is 2.11. The highest BCUT2D eigenvalue weighted by Crippen LogP contribution is 2.28. The molecule has 2 rings (SSSR count). The molecule has 1 heterocycles. The highest BCUT2D eigenvalue weighted by Gasteiger charge is 2.32. The maximum atomic E-state index is 9.19. The first-order chi connectivity index (χ1) is 7.74. The third-order valence-corrected chi connectivity index (χ3v) is 3.24. The van der Waals surface area contributed by atoms with E-state index in [-0.39, 0.29) is 6.04 Å². The van der Waals surface area contributed by atoms with Gasteiger partial charge in [0.05, 0.1) is 6.07 Å². The van der Waals surface area contributed by atoms with Crippen LogP contribution in [-0.4, -0.2) is 24.5 Å². The van der Waals surface area contributed by atoms with Crippen molar-refractivity contribution in [1.82, 2.24) is 4.90 Å². The molecule has 2 N–H and O–H groups in total. The van der Waals surface area contributed by atoms with Gasteiger partial charge in [0.2, 0.25) is 0 Å². The molecular formula is C12H14ClN3. The smallest absolute Gasteiger partial charge is 0.123 e. The summed E-state index contributed by atoms with van der Waals surface area (Å²) in [4.78, 5) is 2.14. The highest BCUT2D eigenvalue weighted by molar-refractivity contribution is 6.30. The molecule has 84 valence electrons. The van der Waals surface area contributed by atoms with E-state index in [9.17, 15) is 5.26 Å². The molecule has 1 aromatic rings. The van der Waals surface area contributed by atoms with Gasteiger partial charge in [0.15, 0.2) is 0 Å². The van der Waals surface area contributed by atoms with Gasteiger partial charge in [-0.25, -0.2) is 0 Å². The van der Waals surface area contributed by atoms with Gasteiger partial charge < -0.3 is 5.73 Å². The molecule has 1 fully saturated rings. The van der Waals surface area contributed by atoms with E-state index in [1.807, 2.05) is 24.3 Å². The average molecular weight is 236 g/mol. The number of hydrogen-bond acceptors (Lipinski definition) is 3. The fourth-order valence-electron chi connectivity index (χ4n) is 1.98. The molecule has 0 aromatic heterocycles. The van der Waals surface area contributed by atoms with Gasteiger partial charge >= 0.3 is 0 Å². The predicted octanol–water partition coefficient (Wildman–Crippen LogP) is 1.80.